The first-order valence-corrected chi connectivity index (χ1v) is 10.9. The van der Waals surface area contributed by atoms with Crippen molar-refractivity contribution in [2.75, 3.05) is 6.61 Å². The third-order valence-electron chi connectivity index (χ3n) is 4.29. The predicted molar refractivity (Wildman–Crippen MR) is 117 cm³/mol. The van der Waals surface area contributed by atoms with E-state index >= 15 is 0 Å². The molecule has 0 spiro atoms. The first-order valence-electron chi connectivity index (χ1n) is 10.1. The Hall–Kier alpha value is -3.15. The number of halogens is 6. The van der Waals surface area contributed by atoms with Crippen LogP contribution >= 0.6 is 11.8 Å². The van der Waals surface area contributed by atoms with Crippen LogP contribution in [0.5, 0.6) is 11.5 Å². The number of hydrogen-bond donors (Lipinski definition) is 0. The number of alkyl halides is 6. The van der Waals surface area contributed by atoms with Crippen molar-refractivity contribution in [2.45, 2.75) is 43.2 Å². The van der Waals surface area contributed by atoms with Crippen LogP contribution in [-0.4, -0.2) is 22.5 Å². The fourth-order valence-electron chi connectivity index (χ4n) is 2.80. The maximum absolute atomic E-state index is 13.7. The van der Waals surface area contributed by atoms with Gasteiger partial charge in [0.2, 0.25) is 0 Å². The van der Waals surface area contributed by atoms with Gasteiger partial charge in [0.05, 0.1) is 12.2 Å². The van der Waals surface area contributed by atoms with Gasteiger partial charge in [-0.05, 0) is 47.9 Å². The van der Waals surface area contributed by atoms with E-state index in [-0.39, 0.29) is 28.5 Å². The topological polar surface area (TPSA) is 53.4 Å². The Labute approximate surface area is 200 Å². The van der Waals surface area contributed by atoms with Crippen LogP contribution in [0.1, 0.15) is 26.3 Å². The highest BCUT2D eigenvalue weighted by molar-refractivity contribution is 7.99. The van der Waals surface area contributed by atoms with Gasteiger partial charge in [0.25, 0.3) is 5.56 Å². The van der Waals surface area contributed by atoms with Crippen LogP contribution in [0, 0.1) is 5.41 Å². The lowest BCUT2D eigenvalue weighted by atomic mass is 9.98. The van der Waals surface area contributed by atoms with Crippen molar-refractivity contribution in [1.29, 1.82) is 0 Å². The number of benzene rings is 2. The summed E-state index contributed by atoms with van der Waals surface area (Å²) in [6.45, 7) is 5.52. The fourth-order valence-corrected chi connectivity index (χ4v) is 3.59. The molecule has 0 bridgehead atoms. The second-order valence-electron chi connectivity index (χ2n) is 8.56. The van der Waals surface area contributed by atoms with E-state index in [2.05, 4.69) is 9.72 Å². The summed E-state index contributed by atoms with van der Waals surface area (Å²) in [6.07, 6.45) is -7.11. The molecule has 0 unspecified atom stereocenters. The minimum atomic E-state index is -4.84. The second-order valence-corrected chi connectivity index (χ2v) is 9.62. The summed E-state index contributed by atoms with van der Waals surface area (Å²) in [6, 6.07) is 8.04. The second kappa shape index (κ2) is 9.84. The van der Waals surface area contributed by atoms with Gasteiger partial charge in [0.1, 0.15) is 11.5 Å². The van der Waals surface area contributed by atoms with Crippen LogP contribution in [0.3, 0.4) is 0 Å². The Morgan fingerprint density at radius 2 is 1.63 bits per heavy atom. The van der Waals surface area contributed by atoms with Gasteiger partial charge >= 0.3 is 12.5 Å². The Kier molecular flexibility index (Phi) is 7.44. The van der Waals surface area contributed by atoms with Gasteiger partial charge in [-0.3, -0.25) is 9.36 Å². The highest BCUT2D eigenvalue weighted by Crippen LogP contribution is 2.38. The van der Waals surface area contributed by atoms with Crippen molar-refractivity contribution in [1.82, 2.24) is 9.55 Å². The first kappa shape index (κ1) is 26.5. The van der Waals surface area contributed by atoms with Crippen molar-refractivity contribution in [3.63, 3.8) is 0 Å². The summed E-state index contributed by atoms with van der Waals surface area (Å²) < 4.78 is 88.2. The molecule has 0 aliphatic rings. The standard InChI is InChI=1S/C23H20F6N2O3S/c1-21(2,3)13-33-18-9-4-14(12-17(18)22(24,25)26)31-11-10-30-19(20(31)32)35-16-7-5-15(6-8-16)34-23(27,28)29/h4-12H,13H2,1-3H3. The molecule has 0 fully saturated rings. The van der Waals surface area contributed by atoms with Gasteiger partial charge < -0.3 is 9.47 Å². The molecule has 0 aliphatic carbocycles. The van der Waals surface area contributed by atoms with E-state index in [1.807, 2.05) is 20.8 Å². The number of aromatic nitrogens is 2. The lowest BCUT2D eigenvalue weighted by molar-refractivity contribution is -0.274. The molecular formula is C23H20F6N2O3S. The molecule has 0 aliphatic heterocycles. The van der Waals surface area contributed by atoms with Gasteiger partial charge in [0.15, 0.2) is 5.03 Å². The molecule has 0 radical (unpaired) electrons. The van der Waals surface area contributed by atoms with Crippen molar-refractivity contribution in [2.24, 2.45) is 5.41 Å². The van der Waals surface area contributed by atoms with E-state index in [0.717, 1.165) is 40.6 Å². The van der Waals surface area contributed by atoms with Crippen LogP contribution in [-0.2, 0) is 6.18 Å². The molecule has 0 atom stereocenters. The highest BCUT2D eigenvalue weighted by atomic mass is 32.2. The number of ether oxygens (including phenoxy) is 2. The van der Waals surface area contributed by atoms with Crippen LogP contribution in [0.25, 0.3) is 5.69 Å². The molecule has 5 nitrogen and oxygen atoms in total. The molecule has 2 aromatic carbocycles. The van der Waals surface area contributed by atoms with E-state index in [0.29, 0.717) is 4.90 Å². The molecule has 0 N–H and O–H groups in total. The predicted octanol–water partition coefficient (Wildman–Crippen LogP) is 6.73. The minimum Gasteiger partial charge on any atom is -0.492 e. The molecule has 3 rings (SSSR count). The number of hydrogen-bond acceptors (Lipinski definition) is 5. The van der Waals surface area contributed by atoms with Crippen LogP contribution in [0.15, 0.2) is 69.6 Å². The molecular weight excluding hydrogens is 498 g/mol. The molecule has 1 aromatic heterocycles. The molecule has 0 saturated heterocycles. The minimum absolute atomic E-state index is 0.0522. The summed E-state index contributed by atoms with van der Waals surface area (Å²) in [5.74, 6) is -0.789. The zero-order valence-corrected chi connectivity index (χ0v) is 19.5. The van der Waals surface area contributed by atoms with Gasteiger partial charge in [-0.1, -0.05) is 32.5 Å². The molecule has 1 heterocycles. The highest BCUT2D eigenvalue weighted by Gasteiger charge is 2.35. The smallest absolute Gasteiger partial charge is 0.492 e. The van der Waals surface area contributed by atoms with Gasteiger partial charge in [-0.15, -0.1) is 13.2 Å². The van der Waals surface area contributed by atoms with Crippen LogP contribution in [0.4, 0.5) is 26.3 Å². The lowest BCUT2D eigenvalue weighted by Crippen LogP contribution is -2.22. The van der Waals surface area contributed by atoms with E-state index in [4.69, 9.17) is 4.74 Å². The van der Waals surface area contributed by atoms with Gasteiger partial charge in [-0.2, -0.15) is 13.2 Å². The van der Waals surface area contributed by atoms with E-state index < -0.39 is 29.4 Å². The summed E-state index contributed by atoms with van der Waals surface area (Å²) in [4.78, 5) is 17.3. The summed E-state index contributed by atoms with van der Waals surface area (Å²) >= 11 is 0.845. The van der Waals surface area contributed by atoms with Gasteiger partial charge in [-0.25, -0.2) is 4.98 Å². The van der Waals surface area contributed by atoms with Gasteiger partial charge in [0, 0.05) is 23.0 Å². The summed E-state index contributed by atoms with van der Waals surface area (Å²) in [5, 5.41) is -0.0846. The Bertz CT molecular complexity index is 1230. The molecule has 0 saturated carbocycles. The lowest BCUT2D eigenvalue weighted by Gasteiger charge is -2.21. The largest absolute Gasteiger partial charge is 0.573 e. The Morgan fingerprint density at radius 3 is 2.20 bits per heavy atom. The van der Waals surface area contributed by atoms with E-state index in [1.165, 1.54) is 30.6 Å². The molecule has 3 aromatic rings. The first-order chi connectivity index (χ1) is 16.1. The molecule has 12 heteroatoms. The van der Waals surface area contributed by atoms with Crippen LogP contribution in [0.2, 0.25) is 0 Å². The molecule has 35 heavy (non-hydrogen) atoms. The zero-order valence-electron chi connectivity index (χ0n) is 18.7. The van der Waals surface area contributed by atoms with Crippen molar-refractivity contribution in [3.05, 3.63) is 70.8 Å². The molecule has 0 amide bonds. The summed E-state index contributed by atoms with van der Waals surface area (Å²) in [7, 11) is 0. The maximum Gasteiger partial charge on any atom is 0.573 e. The van der Waals surface area contributed by atoms with E-state index in [1.54, 1.807) is 0 Å². The monoisotopic (exact) mass is 518 g/mol. The SMILES string of the molecule is CC(C)(C)COc1ccc(-n2ccnc(Sc3ccc(OC(F)(F)F)cc3)c2=O)cc1C(F)(F)F. The molecule has 188 valence electrons. The van der Waals surface area contributed by atoms with E-state index in [9.17, 15) is 31.1 Å². The fraction of sp³-hybridized carbons (Fsp3) is 0.304. The van der Waals surface area contributed by atoms with Crippen molar-refractivity contribution < 1.29 is 35.8 Å². The van der Waals surface area contributed by atoms with Crippen molar-refractivity contribution in [3.8, 4) is 17.2 Å². The zero-order chi connectivity index (χ0) is 26.0. The maximum atomic E-state index is 13.7. The summed E-state index contributed by atoms with van der Waals surface area (Å²) in [5.41, 5.74) is -2.15. The number of nitrogens with zero attached hydrogens (tertiary/aromatic N) is 2. The quantitative estimate of drug-likeness (QED) is 0.339. The average Bonchev–Trinajstić information content (AvgIpc) is 2.73. The third kappa shape index (κ3) is 7.41. The van der Waals surface area contributed by atoms with Crippen LogP contribution < -0.4 is 15.0 Å². The average molecular weight is 518 g/mol. The third-order valence-corrected chi connectivity index (χ3v) is 5.27. The normalized spacial score (nSPS) is 12.5. The van der Waals surface area contributed by atoms with Crippen molar-refractivity contribution >= 4 is 11.8 Å². The Balaban J connectivity index is 1.91. The Morgan fingerprint density at radius 1 is 0.971 bits per heavy atom. The number of rotatable bonds is 6.